The van der Waals surface area contributed by atoms with E-state index in [1.807, 2.05) is 40.8 Å². The largest absolute Gasteiger partial charge is 0.342 e. The van der Waals surface area contributed by atoms with Gasteiger partial charge in [0, 0.05) is 7.05 Å². The number of piperazine rings is 1. The smallest absolute Gasteiger partial charge is 0.246 e. The highest BCUT2D eigenvalue weighted by atomic mass is 16.2. The lowest BCUT2D eigenvalue weighted by molar-refractivity contribution is -0.157. The summed E-state index contributed by atoms with van der Waals surface area (Å²) in [6.07, 6.45) is 1.18. The number of aryl methyl sites for hydroxylation is 2. The maximum atomic E-state index is 12.7. The van der Waals surface area contributed by atoms with Crippen LogP contribution in [0.25, 0.3) is 0 Å². The zero-order chi connectivity index (χ0) is 15.8. The second-order valence-electron chi connectivity index (χ2n) is 5.89. The summed E-state index contributed by atoms with van der Waals surface area (Å²) in [4.78, 5) is 26.8. The van der Waals surface area contributed by atoms with Gasteiger partial charge >= 0.3 is 0 Å². The molecule has 1 saturated heterocycles. The Morgan fingerprint density at radius 1 is 1.38 bits per heavy atom. The maximum Gasteiger partial charge on any atom is 0.246 e. The quantitative estimate of drug-likeness (QED) is 0.904. The van der Waals surface area contributed by atoms with Crippen molar-refractivity contribution >= 4 is 11.8 Å². The van der Waals surface area contributed by atoms with Crippen LogP contribution in [0.5, 0.6) is 0 Å². The van der Waals surface area contributed by atoms with Crippen LogP contribution in [0, 0.1) is 6.92 Å². The highest BCUT2D eigenvalue weighted by Gasteiger charge is 2.47. The van der Waals surface area contributed by atoms with E-state index in [9.17, 15) is 9.59 Å². The molecule has 6 nitrogen and oxygen atoms in total. The summed E-state index contributed by atoms with van der Waals surface area (Å²) in [5.41, 5.74) is 1.04. The third-order valence-corrected chi connectivity index (χ3v) is 4.47. The molecule has 1 fully saturated rings. The molecule has 0 spiro atoms. The Hall–Kier alpha value is -1.85. The Balaban J connectivity index is 2.37. The SMILES string of the molecule is CCC1NC(=O)C(C)(CC)N(Cc2cc(C)nn2C)C1=O. The minimum atomic E-state index is -0.805. The van der Waals surface area contributed by atoms with Gasteiger partial charge in [-0.1, -0.05) is 13.8 Å². The van der Waals surface area contributed by atoms with E-state index in [-0.39, 0.29) is 11.8 Å². The molecule has 2 atom stereocenters. The highest BCUT2D eigenvalue weighted by Crippen LogP contribution is 2.27. The zero-order valence-electron chi connectivity index (χ0n) is 13.4. The van der Waals surface area contributed by atoms with E-state index >= 15 is 0 Å². The van der Waals surface area contributed by atoms with Crippen molar-refractivity contribution in [1.29, 1.82) is 0 Å². The van der Waals surface area contributed by atoms with Gasteiger partial charge in [-0.25, -0.2) is 0 Å². The Bertz CT molecular complexity index is 566. The number of aromatic nitrogens is 2. The summed E-state index contributed by atoms with van der Waals surface area (Å²) < 4.78 is 1.77. The molecule has 0 aromatic carbocycles. The molecule has 0 saturated carbocycles. The second-order valence-corrected chi connectivity index (χ2v) is 5.89. The molecule has 2 rings (SSSR count). The van der Waals surface area contributed by atoms with Gasteiger partial charge < -0.3 is 10.2 Å². The lowest BCUT2D eigenvalue weighted by atomic mass is 9.90. The maximum absolute atomic E-state index is 12.7. The zero-order valence-corrected chi connectivity index (χ0v) is 13.4. The first-order chi connectivity index (χ1) is 9.83. The molecule has 0 aliphatic carbocycles. The average molecular weight is 292 g/mol. The molecule has 1 aliphatic rings. The third-order valence-electron chi connectivity index (χ3n) is 4.47. The number of carbonyl (C=O) groups excluding carboxylic acids is 2. The van der Waals surface area contributed by atoms with Gasteiger partial charge in [-0.15, -0.1) is 0 Å². The molecule has 1 aliphatic heterocycles. The van der Waals surface area contributed by atoms with E-state index < -0.39 is 11.6 Å². The molecule has 116 valence electrons. The predicted octanol–water partition coefficient (Wildman–Crippen LogP) is 1.13. The molecule has 21 heavy (non-hydrogen) atoms. The molecule has 2 heterocycles. The molecule has 1 aromatic rings. The van der Waals surface area contributed by atoms with Crippen LogP contribution in [0.4, 0.5) is 0 Å². The molecule has 2 amide bonds. The normalized spacial score (nSPS) is 26.1. The van der Waals surface area contributed by atoms with Gasteiger partial charge in [-0.05, 0) is 32.8 Å². The van der Waals surface area contributed by atoms with Crippen molar-refractivity contribution in [2.24, 2.45) is 7.05 Å². The van der Waals surface area contributed by atoms with E-state index in [1.54, 1.807) is 9.58 Å². The van der Waals surface area contributed by atoms with Crippen molar-refractivity contribution in [2.45, 2.75) is 58.7 Å². The van der Waals surface area contributed by atoms with Gasteiger partial charge in [0.25, 0.3) is 0 Å². The number of nitrogens with zero attached hydrogens (tertiary/aromatic N) is 3. The number of hydrogen-bond donors (Lipinski definition) is 1. The van der Waals surface area contributed by atoms with Gasteiger partial charge in [-0.3, -0.25) is 14.3 Å². The Labute approximate surface area is 125 Å². The standard InChI is InChI=1S/C15H24N4O2/c1-6-12-13(20)19(15(4,7-2)14(21)16-12)9-11-8-10(3)17-18(11)5/h8,12H,6-7,9H2,1-5H3,(H,16,21). The van der Waals surface area contributed by atoms with Gasteiger partial charge in [0.05, 0.1) is 17.9 Å². The fraction of sp³-hybridized carbons (Fsp3) is 0.667. The van der Waals surface area contributed by atoms with Crippen LogP contribution in [0.2, 0.25) is 0 Å². The topological polar surface area (TPSA) is 67.2 Å². The van der Waals surface area contributed by atoms with Gasteiger partial charge in [0.15, 0.2) is 0 Å². The number of nitrogens with one attached hydrogen (secondary N) is 1. The van der Waals surface area contributed by atoms with Crippen LogP contribution in [0.1, 0.15) is 45.0 Å². The molecule has 0 radical (unpaired) electrons. The van der Waals surface area contributed by atoms with Gasteiger partial charge in [-0.2, -0.15) is 5.10 Å². The van der Waals surface area contributed by atoms with E-state index in [0.717, 1.165) is 11.4 Å². The van der Waals surface area contributed by atoms with E-state index in [0.29, 0.717) is 19.4 Å². The predicted molar refractivity (Wildman–Crippen MR) is 79.4 cm³/mol. The van der Waals surface area contributed by atoms with Crippen LogP contribution < -0.4 is 5.32 Å². The average Bonchev–Trinajstić information content (AvgIpc) is 2.77. The van der Waals surface area contributed by atoms with Gasteiger partial charge in [0.1, 0.15) is 11.6 Å². The van der Waals surface area contributed by atoms with Crippen LogP contribution >= 0.6 is 0 Å². The fourth-order valence-electron chi connectivity index (χ4n) is 2.78. The summed E-state index contributed by atoms with van der Waals surface area (Å²) in [6, 6.07) is 1.53. The van der Waals surface area contributed by atoms with Crippen LogP contribution in [0.3, 0.4) is 0 Å². The molecule has 6 heteroatoms. The molecule has 1 aromatic heterocycles. The summed E-state index contributed by atoms with van der Waals surface area (Å²) in [6.45, 7) is 7.99. The molecular formula is C15H24N4O2. The van der Waals surface area contributed by atoms with Crippen molar-refractivity contribution in [3.8, 4) is 0 Å². The summed E-state index contributed by atoms with van der Waals surface area (Å²) in [5.74, 6) is -0.0874. The van der Waals surface area contributed by atoms with Crippen molar-refractivity contribution in [3.05, 3.63) is 17.5 Å². The van der Waals surface area contributed by atoms with Crippen LogP contribution in [0.15, 0.2) is 6.07 Å². The van der Waals surface area contributed by atoms with Crippen LogP contribution in [-0.2, 0) is 23.2 Å². The Morgan fingerprint density at radius 3 is 2.52 bits per heavy atom. The second kappa shape index (κ2) is 5.50. The number of rotatable bonds is 4. The lowest BCUT2D eigenvalue weighted by Gasteiger charge is -2.45. The number of hydrogen-bond acceptors (Lipinski definition) is 3. The third kappa shape index (κ3) is 2.54. The fourth-order valence-corrected chi connectivity index (χ4v) is 2.78. The summed E-state index contributed by atoms with van der Waals surface area (Å²) >= 11 is 0. The molecular weight excluding hydrogens is 268 g/mol. The Kier molecular flexibility index (Phi) is 4.07. The molecule has 1 N–H and O–H groups in total. The minimum Gasteiger partial charge on any atom is -0.342 e. The molecule has 0 bridgehead atoms. The molecule has 2 unspecified atom stereocenters. The van der Waals surface area contributed by atoms with Gasteiger partial charge in [0.2, 0.25) is 11.8 Å². The Morgan fingerprint density at radius 2 is 2.05 bits per heavy atom. The minimum absolute atomic E-state index is 0.0136. The van der Waals surface area contributed by atoms with E-state index in [1.165, 1.54) is 0 Å². The number of amides is 2. The van der Waals surface area contributed by atoms with E-state index in [2.05, 4.69) is 10.4 Å². The first-order valence-corrected chi connectivity index (χ1v) is 7.45. The van der Waals surface area contributed by atoms with Crippen molar-refractivity contribution in [2.75, 3.05) is 0 Å². The number of carbonyl (C=O) groups is 2. The monoisotopic (exact) mass is 292 g/mol. The lowest BCUT2D eigenvalue weighted by Crippen LogP contribution is -2.68. The van der Waals surface area contributed by atoms with Crippen molar-refractivity contribution in [1.82, 2.24) is 20.0 Å². The van der Waals surface area contributed by atoms with Crippen molar-refractivity contribution in [3.63, 3.8) is 0 Å². The highest BCUT2D eigenvalue weighted by molar-refractivity contribution is 5.99. The van der Waals surface area contributed by atoms with E-state index in [4.69, 9.17) is 0 Å². The van der Waals surface area contributed by atoms with Crippen LogP contribution in [-0.4, -0.2) is 38.1 Å². The summed E-state index contributed by atoms with van der Waals surface area (Å²) in [7, 11) is 1.86. The first-order valence-electron chi connectivity index (χ1n) is 7.45. The summed E-state index contributed by atoms with van der Waals surface area (Å²) in [5, 5.41) is 7.15. The first kappa shape index (κ1) is 15.5. The van der Waals surface area contributed by atoms with Crippen molar-refractivity contribution < 1.29 is 9.59 Å².